The third-order valence-corrected chi connectivity index (χ3v) is 6.28. The van der Waals surface area contributed by atoms with Gasteiger partial charge in [0.05, 0.1) is 38.6 Å². The quantitative estimate of drug-likeness (QED) is 0.0848. The Bertz CT molecular complexity index is 1360. The number of aryl methyl sites for hydroxylation is 1. The molecule has 3 aromatic carbocycles. The molecule has 0 aliphatic heterocycles. The van der Waals surface area contributed by atoms with Crippen LogP contribution in [0.4, 0.5) is 0 Å². The van der Waals surface area contributed by atoms with E-state index in [1.54, 1.807) is 0 Å². The molecule has 7 nitrogen and oxygen atoms in total. The summed E-state index contributed by atoms with van der Waals surface area (Å²) >= 11 is 0. The van der Waals surface area contributed by atoms with Crippen LogP contribution >= 0.6 is 0 Å². The van der Waals surface area contributed by atoms with Gasteiger partial charge in [-0.1, -0.05) is 67.8 Å². The van der Waals surface area contributed by atoms with Crippen LogP contribution in [0.1, 0.15) is 36.0 Å². The number of carbonyl (C=O) groups excluding carboxylic acids is 2. The summed E-state index contributed by atoms with van der Waals surface area (Å²) in [5.41, 5.74) is 5.64. The van der Waals surface area contributed by atoms with E-state index < -0.39 is 18.5 Å². The largest absolute Gasteiger partial charge is 0.494 e. The molecule has 220 valence electrons. The van der Waals surface area contributed by atoms with Gasteiger partial charge in [0, 0.05) is 12.5 Å². The lowest BCUT2D eigenvalue weighted by molar-refractivity contribution is -0.140. The van der Waals surface area contributed by atoms with Gasteiger partial charge in [-0.15, -0.1) is 0 Å². The molecule has 0 aliphatic rings. The van der Waals surface area contributed by atoms with E-state index in [0.717, 1.165) is 52.7 Å². The topological polar surface area (TPSA) is 91.3 Å². The number of unbranched alkanes of at least 4 members (excludes halogenated alkanes) is 1. The molecular formula is C35H38O7. The molecule has 0 saturated heterocycles. The zero-order valence-corrected chi connectivity index (χ0v) is 24.1. The van der Waals surface area contributed by atoms with Crippen LogP contribution in [0.25, 0.3) is 23.3 Å². The molecule has 1 N–H and O–H groups in total. The van der Waals surface area contributed by atoms with Gasteiger partial charge in [0.15, 0.2) is 0 Å². The number of rotatable bonds is 17. The zero-order valence-electron chi connectivity index (χ0n) is 24.1. The highest BCUT2D eigenvalue weighted by atomic mass is 16.5. The first kappa shape index (κ1) is 31.9. The number of aliphatic hydroxyl groups is 1. The summed E-state index contributed by atoms with van der Waals surface area (Å²) < 4.78 is 21.5. The molecule has 0 atom stereocenters. The fraction of sp³-hybridized carbons (Fsp3) is 0.257. The monoisotopic (exact) mass is 570 g/mol. The Labute approximate surface area is 247 Å². The molecule has 7 heteroatoms. The number of aliphatic hydroxyl groups excluding tert-OH is 1. The standard InChI is InChI=1S/C35H38O7/c1-4-34(37)41-21-6-5-20-39-33-18-14-30(15-19-33)31-13-12-29(26(2)24-31)11-8-28-9-16-32(17-10-28)40-22-7-23-42-35(38)27(3)25-36/h4,8-19,24,36H,1,3,5-7,20-23,25H2,2H3/b11-8+. The highest BCUT2D eigenvalue weighted by Crippen LogP contribution is 2.26. The Kier molecular flexibility index (Phi) is 13.1. The van der Waals surface area contributed by atoms with E-state index in [1.165, 1.54) is 5.56 Å². The van der Waals surface area contributed by atoms with E-state index in [-0.39, 0.29) is 12.2 Å². The molecule has 0 aromatic heterocycles. The fourth-order valence-electron chi connectivity index (χ4n) is 3.85. The number of hydrogen-bond acceptors (Lipinski definition) is 7. The Hall–Kier alpha value is -4.62. The van der Waals surface area contributed by atoms with Crippen LogP contribution in [0.15, 0.2) is 91.5 Å². The molecule has 0 aliphatic carbocycles. The molecule has 3 rings (SSSR count). The maximum atomic E-state index is 11.4. The van der Waals surface area contributed by atoms with E-state index in [0.29, 0.717) is 26.2 Å². The van der Waals surface area contributed by atoms with Crippen molar-refractivity contribution < 1.29 is 33.6 Å². The molecule has 0 heterocycles. The smallest absolute Gasteiger partial charge is 0.335 e. The second-order valence-corrected chi connectivity index (χ2v) is 9.52. The summed E-state index contributed by atoms with van der Waals surface area (Å²) in [5, 5.41) is 8.86. The van der Waals surface area contributed by atoms with E-state index in [2.05, 4.69) is 62.6 Å². The Morgan fingerprint density at radius 3 is 2.00 bits per heavy atom. The molecule has 0 bridgehead atoms. The number of ether oxygens (including phenoxy) is 4. The van der Waals surface area contributed by atoms with Crippen LogP contribution < -0.4 is 9.47 Å². The van der Waals surface area contributed by atoms with Gasteiger partial charge in [-0.05, 0) is 71.8 Å². The van der Waals surface area contributed by atoms with Crippen molar-refractivity contribution >= 4 is 24.1 Å². The van der Waals surface area contributed by atoms with E-state index in [4.69, 9.17) is 24.1 Å². The van der Waals surface area contributed by atoms with Crippen molar-refractivity contribution in [1.82, 2.24) is 0 Å². The first-order valence-electron chi connectivity index (χ1n) is 13.9. The zero-order chi connectivity index (χ0) is 30.2. The molecule has 0 unspecified atom stereocenters. The Morgan fingerprint density at radius 1 is 0.762 bits per heavy atom. The third kappa shape index (κ3) is 10.7. The lowest BCUT2D eigenvalue weighted by atomic mass is 9.99. The average molecular weight is 571 g/mol. The molecular weight excluding hydrogens is 532 g/mol. The first-order valence-corrected chi connectivity index (χ1v) is 13.9. The van der Waals surface area contributed by atoms with Crippen molar-refractivity contribution in [3.63, 3.8) is 0 Å². The van der Waals surface area contributed by atoms with Crippen LogP contribution in [-0.2, 0) is 19.1 Å². The molecule has 0 spiro atoms. The van der Waals surface area contributed by atoms with Crippen LogP contribution in [0.2, 0.25) is 0 Å². The number of hydrogen-bond donors (Lipinski definition) is 1. The van der Waals surface area contributed by atoms with Crippen LogP contribution in [-0.4, -0.2) is 50.1 Å². The van der Waals surface area contributed by atoms with Crippen molar-refractivity contribution in [2.24, 2.45) is 0 Å². The van der Waals surface area contributed by atoms with Gasteiger partial charge in [-0.3, -0.25) is 0 Å². The molecule has 42 heavy (non-hydrogen) atoms. The van der Waals surface area contributed by atoms with Crippen LogP contribution in [0.3, 0.4) is 0 Å². The lowest BCUT2D eigenvalue weighted by Crippen LogP contribution is -2.12. The number of esters is 2. The third-order valence-electron chi connectivity index (χ3n) is 6.28. The van der Waals surface area contributed by atoms with Crippen molar-refractivity contribution in [3.8, 4) is 22.6 Å². The SMILES string of the molecule is C=CC(=O)OCCCCOc1ccc(-c2ccc(/C=C/c3ccc(OCCCOC(=O)C(=C)CO)cc3)c(C)c2)cc1. The second kappa shape index (κ2) is 17.3. The van der Waals surface area contributed by atoms with E-state index in [9.17, 15) is 9.59 Å². The van der Waals surface area contributed by atoms with Gasteiger partial charge in [-0.25, -0.2) is 9.59 Å². The molecule has 0 amide bonds. The minimum absolute atomic E-state index is 0.0400. The summed E-state index contributed by atoms with van der Waals surface area (Å²) in [6.07, 6.45) is 7.40. The van der Waals surface area contributed by atoms with Crippen molar-refractivity contribution in [2.75, 3.05) is 33.0 Å². The minimum Gasteiger partial charge on any atom is -0.494 e. The summed E-state index contributed by atoms with van der Waals surface area (Å²) in [6, 6.07) is 22.2. The van der Waals surface area contributed by atoms with Crippen LogP contribution in [0, 0.1) is 6.92 Å². The van der Waals surface area contributed by atoms with Gasteiger partial charge in [0.2, 0.25) is 0 Å². The summed E-state index contributed by atoms with van der Waals surface area (Å²) in [5.74, 6) is 0.555. The summed E-state index contributed by atoms with van der Waals surface area (Å²) in [7, 11) is 0. The van der Waals surface area contributed by atoms with Gasteiger partial charge in [-0.2, -0.15) is 0 Å². The molecule has 0 fully saturated rings. The summed E-state index contributed by atoms with van der Waals surface area (Å²) in [4.78, 5) is 22.5. The molecule has 0 saturated carbocycles. The van der Waals surface area contributed by atoms with Crippen molar-refractivity contribution in [3.05, 3.63) is 108 Å². The number of benzene rings is 3. The minimum atomic E-state index is -0.589. The van der Waals surface area contributed by atoms with Gasteiger partial charge in [0.25, 0.3) is 0 Å². The molecule has 0 radical (unpaired) electrons. The highest BCUT2D eigenvalue weighted by Gasteiger charge is 2.06. The highest BCUT2D eigenvalue weighted by molar-refractivity contribution is 5.87. The predicted molar refractivity (Wildman–Crippen MR) is 165 cm³/mol. The average Bonchev–Trinajstić information content (AvgIpc) is 3.02. The maximum absolute atomic E-state index is 11.4. The Balaban J connectivity index is 1.43. The Morgan fingerprint density at radius 2 is 1.36 bits per heavy atom. The van der Waals surface area contributed by atoms with E-state index >= 15 is 0 Å². The summed E-state index contributed by atoms with van der Waals surface area (Å²) in [6.45, 7) is 10.0. The van der Waals surface area contributed by atoms with Crippen LogP contribution in [0.5, 0.6) is 11.5 Å². The maximum Gasteiger partial charge on any atom is 0.335 e. The lowest BCUT2D eigenvalue weighted by Gasteiger charge is -2.09. The second-order valence-electron chi connectivity index (χ2n) is 9.52. The number of carbonyl (C=O) groups is 2. The predicted octanol–water partition coefficient (Wildman–Crippen LogP) is 6.58. The van der Waals surface area contributed by atoms with Gasteiger partial charge >= 0.3 is 11.9 Å². The first-order chi connectivity index (χ1) is 20.4. The molecule has 3 aromatic rings. The normalized spacial score (nSPS) is 10.7. The van der Waals surface area contributed by atoms with E-state index in [1.807, 2.05) is 36.4 Å². The van der Waals surface area contributed by atoms with Gasteiger partial charge in [0.1, 0.15) is 11.5 Å². The van der Waals surface area contributed by atoms with Crippen molar-refractivity contribution in [1.29, 1.82) is 0 Å². The fourth-order valence-corrected chi connectivity index (χ4v) is 3.85. The van der Waals surface area contributed by atoms with Gasteiger partial charge < -0.3 is 24.1 Å². The van der Waals surface area contributed by atoms with Crippen molar-refractivity contribution in [2.45, 2.75) is 26.2 Å².